The number of ether oxygens (including phenoxy) is 1. The number of benzene rings is 2. The van der Waals surface area contributed by atoms with Crippen molar-refractivity contribution in [2.45, 2.75) is 6.54 Å². The van der Waals surface area contributed by atoms with Crippen molar-refractivity contribution in [3.8, 4) is 5.75 Å². The first-order chi connectivity index (χ1) is 11.0. The molecule has 23 heavy (non-hydrogen) atoms. The zero-order valence-corrected chi connectivity index (χ0v) is 13.8. The molecule has 0 saturated carbocycles. The van der Waals surface area contributed by atoms with Gasteiger partial charge in [-0.15, -0.1) is 0 Å². The van der Waals surface area contributed by atoms with Crippen LogP contribution in [0.3, 0.4) is 0 Å². The molecule has 0 aliphatic rings. The zero-order valence-electron chi connectivity index (χ0n) is 13.0. The number of nitrogens with one attached hydrogen (secondary N) is 2. The van der Waals surface area contributed by atoms with Crippen LogP contribution in [0.1, 0.15) is 5.56 Å². The van der Waals surface area contributed by atoms with E-state index < -0.39 is 0 Å². The summed E-state index contributed by atoms with van der Waals surface area (Å²) in [4.78, 5) is 13.0. The summed E-state index contributed by atoms with van der Waals surface area (Å²) in [6.07, 6.45) is 0. The molecule has 6 heteroatoms. The minimum atomic E-state index is -0.359. The minimum Gasteiger partial charge on any atom is -0.495 e. The predicted molar refractivity (Wildman–Crippen MR) is 88.5 cm³/mol. The molecule has 1 amide bonds. The van der Waals surface area contributed by atoms with E-state index in [1.807, 2.05) is 19.2 Å². The number of rotatable bonds is 6. The zero-order chi connectivity index (χ0) is 16.8. The quantitative estimate of drug-likeness (QED) is 0.848. The number of halogens is 2. The van der Waals surface area contributed by atoms with Gasteiger partial charge in [0.1, 0.15) is 18.1 Å². The Balaban J connectivity index is 1.97. The number of likely N-dealkylation sites (N-methyl/N-ethyl adjacent to an activating group) is 1. The van der Waals surface area contributed by atoms with E-state index in [1.165, 1.54) is 6.07 Å². The number of hydrogen-bond acceptors (Lipinski definition) is 2. The largest absolute Gasteiger partial charge is 0.495 e. The van der Waals surface area contributed by atoms with Gasteiger partial charge < -0.3 is 15.0 Å². The van der Waals surface area contributed by atoms with Gasteiger partial charge >= 0.3 is 0 Å². The molecular weight excluding hydrogens is 319 g/mol. The summed E-state index contributed by atoms with van der Waals surface area (Å²) in [6, 6.07) is 11.7. The van der Waals surface area contributed by atoms with Crippen molar-refractivity contribution in [3.05, 3.63) is 58.9 Å². The van der Waals surface area contributed by atoms with Gasteiger partial charge in [-0.3, -0.25) is 4.79 Å². The molecule has 2 aromatic rings. The number of anilines is 1. The average molecular weight is 338 g/mol. The Morgan fingerprint density at radius 3 is 2.70 bits per heavy atom. The summed E-state index contributed by atoms with van der Waals surface area (Å²) < 4.78 is 19.0. The first-order valence-corrected chi connectivity index (χ1v) is 7.56. The van der Waals surface area contributed by atoms with Crippen LogP contribution in [0.25, 0.3) is 0 Å². The van der Waals surface area contributed by atoms with Crippen LogP contribution in [0.5, 0.6) is 5.75 Å². The van der Waals surface area contributed by atoms with Crippen molar-refractivity contribution in [2.75, 3.05) is 26.0 Å². The fourth-order valence-electron chi connectivity index (χ4n) is 2.28. The topological polar surface area (TPSA) is 42.8 Å². The van der Waals surface area contributed by atoms with E-state index >= 15 is 0 Å². The van der Waals surface area contributed by atoms with E-state index in [9.17, 15) is 9.18 Å². The van der Waals surface area contributed by atoms with Gasteiger partial charge in [0.2, 0.25) is 0 Å². The highest BCUT2D eigenvalue weighted by molar-refractivity contribution is 6.31. The molecule has 4 nitrogen and oxygen atoms in total. The Labute approximate surface area is 139 Å². The summed E-state index contributed by atoms with van der Waals surface area (Å²) in [5, 5.41) is 3.17. The van der Waals surface area contributed by atoms with E-state index in [0.717, 1.165) is 4.90 Å². The normalized spacial score (nSPS) is 11.8. The van der Waals surface area contributed by atoms with Crippen molar-refractivity contribution in [1.82, 2.24) is 0 Å². The second-order valence-electron chi connectivity index (χ2n) is 5.26. The average Bonchev–Trinajstić information content (AvgIpc) is 2.51. The standard InChI is InChI=1S/C17H18ClFN2O2/c1-21(10-12-13(18)6-5-7-14(12)19)11-17(22)20-15-8-3-4-9-16(15)23-2/h3-9H,10-11H2,1-2H3,(H,20,22)/p+1. The maximum Gasteiger partial charge on any atom is 0.279 e. The Hall–Kier alpha value is -2.11. The van der Waals surface area contributed by atoms with Gasteiger partial charge in [0.25, 0.3) is 5.91 Å². The SMILES string of the molecule is COc1ccccc1NC(=O)C[NH+](C)Cc1c(F)cccc1Cl. The van der Waals surface area contributed by atoms with Crippen LogP contribution in [0.4, 0.5) is 10.1 Å². The third-order valence-electron chi connectivity index (χ3n) is 3.38. The van der Waals surface area contributed by atoms with E-state index in [4.69, 9.17) is 16.3 Å². The molecule has 2 N–H and O–H groups in total. The number of methoxy groups -OCH3 is 1. The van der Waals surface area contributed by atoms with Gasteiger partial charge in [-0.1, -0.05) is 29.8 Å². The Morgan fingerprint density at radius 2 is 2.00 bits per heavy atom. The molecule has 0 aliphatic heterocycles. The molecule has 2 aromatic carbocycles. The van der Waals surface area contributed by atoms with Crippen LogP contribution in [0.15, 0.2) is 42.5 Å². The molecule has 0 radical (unpaired) electrons. The van der Waals surface area contributed by atoms with Crippen molar-refractivity contribution in [1.29, 1.82) is 0 Å². The molecule has 0 bridgehead atoms. The molecule has 0 aliphatic carbocycles. The number of quaternary nitrogens is 1. The van der Waals surface area contributed by atoms with Crippen LogP contribution < -0.4 is 15.0 Å². The number of hydrogen-bond donors (Lipinski definition) is 2. The highest BCUT2D eigenvalue weighted by Crippen LogP contribution is 2.22. The van der Waals surface area contributed by atoms with Crippen molar-refractivity contribution < 1.29 is 18.8 Å². The molecule has 0 aromatic heterocycles. The maximum absolute atomic E-state index is 13.8. The monoisotopic (exact) mass is 337 g/mol. The number of para-hydroxylation sites is 2. The van der Waals surface area contributed by atoms with Gasteiger partial charge in [0, 0.05) is 0 Å². The molecule has 0 spiro atoms. The third-order valence-corrected chi connectivity index (χ3v) is 3.74. The predicted octanol–water partition coefficient (Wildman–Crippen LogP) is 2.14. The number of carbonyl (C=O) groups is 1. The first kappa shape index (κ1) is 17.2. The molecule has 122 valence electrons. The summed E-state index contributed by atoms with van der Waals surface area (Å²) >= 11 is 6.01. The lowest BCUT2D eigenvalue weighted by Crippen LogP contribution is -3.08. The fraction of sp³-hybridized carbons (Fsp3) is 0.235. The highest BCUT2D eigenvalue weighted by Gasteiger charge is 2.16. The summed E-state index contributed by atoms with van der Waals surface area (Å²) in [5.74, 6) is 0.0529. The summed E-state index contributed by atoms with van der Waals surface area (Å²) in [7, 11) is 3.35. The molecule has 2 rings (SSSR count). The van der Waals surface area contributed by atoms with Crippen LogP contribution >= 0.6 is 11.6 Å². The Morgan fingerprint density at radius 1 is 1.26 bits per heavy atom. The number of carbonyl (C=O) groups excluding carboxylic acids is 1. The Bertz CT molecular complexity index is 674. The van der Waals surface area contributed by atoms with E-state index in [2.05, 4.69) is 5.32 Å². The van der Waals surface area contributed by atoms with Gasteiger partial charge in [-0.25, -0.2) is 4.39 Å². The summed E-state index contributed by atoms with van der Waals surface area (Å²) in [6.45, 7) is 0.508. The molecule has 0 fully saturated rings. The van der Waals surface area contributed by atoms with Crippen LogP contribution in [-0.4, -0.2) is 26.6 Å². The second-order valence-corrected chi connectivity index (χ2v) is 5.67. The van der Waals surface area contributed by atoms with Gasteiger partial charge in [-0.05, 0) is 24.3 Å². The van der Waals surface area contributed by atoms with Crippen molar-refractivity contribution in [2.24, 2.45) is 0 Å². The lowest BCUT2D eigenvalue weighted by molar-refractivity contribution is -0.885. The molecule has 0 heterocycles. The highest BCUT2D eigenvalue weighted by atomic mass is 35.5. The lowest BCUT2D eigenvalue weighted by atomic mass is 10.2. The van der Waals surface area contributed by atoms with Crippen molar-refractivity contribution in [3.63, 3.8) is 0 Å². The van der Waals surface area contributed by atoms with Gasteiger partial charge in [0.05, 0.1) is 30.4 Å². The first-order valence-electron chi connectivity index (χ1n) is 7.18. The van der Waals surface area contributed by atoms with Crippen LogP contribution in [-0.2, 0) is 11.3 Å². The van der Waals surface area contributed by atoms with Crippen LogP contribution in [0, 0.1) is 5.82 Å². The van der Waals surface area contributed by atoms with Crippen LogP contribution in [0.2, 0.25) is 5.02 Å². The molecule has 1 unspecified atom stereocenters. The van der Waals surface area contributed by atoms with Crippen molar-refractivity contribution >= 4 is 23.2 Å². The van der Waals surface area contributed by atoms with E-state index in [-0.39, 0.29) is 18.3 Å². The van der Waals surface area contributed by atoms with Gasteiger partial charge in [0.15, 0.2) is 6.54 Å². The van der Waals surface area contributed by atoms with E-state index in [1.54, 1.807) is 31.4 Å². The van der Waals surface area contributed by atoms with E-state index in [0.29, 0.717) is 28.6 Å². The maximum atomic E-state index is 13.8. The number of amides is 1. The summed E-state index contributed by atoms with van der Waals surface area (Å²) in [5.41, 5.74) is 1.02. The second kappa shape index (κ2) is 7.94. The Kier molecular flexibility index (Phi) is 5.96. The minimum absolute atomic E-state index is 0.181. The molecule has 0 saturated heterocycles. The molecule has 1 atom stereocenters. The fourth-order valence-corrected chi connectivity index (χ4v) is 2.51. The molecular formula is C17H19ClFN2O2+. The lowest BCUT2D eigenvalue weighted by Gasteiger charge is -2.16. The smallest absolute Gasteiger partial charge is 0.279 e. The van der Waals surface area contributed by atoms with Gasteiger partial charge in [-0.2, -0.15) is 0 Å². The third kappa shape index (κ3) is 4.68.